The first-order chi connectivity index (χ1) is 9.32. The lowest BCUT2D eigenvalue weighted by molar-refractivity contribution is 0.604. The van der Waals surface area contributed by atoms with Gasteiger partial charge in [0.25, 0.3) is 5.56 Å². The number of hydrogen-bond donors (Lipinski definition) is 1. The van der Waals surface area contributed by atoms with Gasteiger partial charge < -0.3 is 5.32 Å². The van der Waals surface area contributed by atoms with E-state index < -0.39 is 11.2 Å². The third-order valence-electron chi connectivity index (χ3n) is 3.41. The summed E-state index contributed by atoms with van der Waals surface area (Å²) in [4.78, 5) is 23.5. The molecule has 108 valence electrons. The summed E-state index contributed by atoms with van der Waals surface area (Å²) in [6.45, 7) is 4.31. The van der Waals surface area contributed by atoms with E-state index in [1.54, 1.807) is 4.68 Å². The van der Waals surface area contributed by atoms with Crippen LogP contribution in [0.25, 0.3) is 0 Å². The van der Waals surface area contributed by atoms with E-state index in [2.05, 4.69) is 15.5 Å². The minimum absolute atomic E-state index is 0.150. The van der Waals surface area contributed by atoms with Crippen molar-refractivity contribution < 1.29 is 0 Å². The van der Waals surface area contributed by atoms with Crippen LogP contribution in [0.2, 0.25) is 0 Å². The molecule has 2 aromatic heterocycles. The lowest BCUT2D eigenvalue weighted by Crippen LogP contribution is -2.39. The number of anilines is 1. The molecular formula is C12H18N6O2. The van der Waals surface area contributed by atoms with Crippen LogP contribution >= 0.6 is 0 Å². The molecule has 8 nitrogen and oxygen atoms in total. The van der Waals surface area contributed by atoms with Gasteiger partial charge in [0.2, 0.25) is 5.82 Å². The largest absolute Gasteiger partial charge is 0.360 e. The molecular weight excluding hydrogens is 260 g/mol. The summed E-state index contributed by atoms with van der Waals surface area (Å²) < 4.78 is 3.95. The first-order valence-corrected chi connectivity index (χ1v) is 6.20. The molecule has 0 aliphatic carbocycles. The van der Waals surface area contributed by atoms with Crippen molar-refractivity contribution in [3.05, 3.63) is 37.8 Å². The Morgan fingerprint density at radius 3 is 2.25 bits per heavy atom. The average molecular weight is 278 g/mol. The van der Waals surface area contributed by atoms with Crippen LogP contribution in [0.1, 0.15) is 17.0 Å². The molecule has 0 aliphatic rings. The number of hydrogen-bond acceptors (Lipinski definition) is 5. The van der Waals surface area contributed by atoms with Crippen LogP contribution in [0.4, 0.5) is 5.82 Å². The molecule has 0 atom stereocenters. The van der Waals surface area contributed by atoms with E-state index in [9.17, 15) is 9.59 Å². The molecule has 2 heterocycles. The smallest absolute Gasteiger partial charge is 0.346 e. The Morgan fingerprint density at radius 2 is 1.70 bits per heavy atom. The van der Waals surface area contributed by atoms with Crippen LogP contribution in [0, 0.1) is 13.8 Å². The fourth-order valence-corrected chi connectivity index (χ4v) is 2.05. The van der Waals surface area contributed by atoms with E-state index >= 15 is 0 Å². The molecule has 0 aromatic carbocycles. The Morgan fingerprint density at radius 1 is 1.05 bits per heavy atom. The Labute approximate surface area is 115 Å². The van der Waals surface area contributed by atoms with Gasteiger partial charge in [0.1, 0.15) is 0 Å². The molecule has 0 radical (unpaired) electrons. The van der Waals surface area contributed by atoms with Gasteiger partial charge in [0, 0.05) is 38.9 Å². The third kappa shape index (κ3) is 2.24. The van der Waals surface area contributed by atoms with Crippen molar-refractivity contribution >= 4 is 5.82 Å². The van der Waals surface area contributed by atoms with Crippen molar-refractivity contribution in [1.29, 1.82) is 0 Å². The lowest BCUT2D eigenvalue weighted by atomic mass is 10.2. The summed E-state index contributed by atoms with van der Waals surface area (Å²) >= 11 is 0. The maximum atomic E-state index is 11.9. The molecule has 8 heteroatoms. The molecule has 0 fully saturated rings. The standard InChI is InChI=1S/C12H18N6O2/c1-7-9(8(2)17(4)14-7)6-13-10-11(19)16(3)12(20)18(5)15-10/h6H2,1-5H3,(H,13,15). The van der Waals surface area contributed by atoms with Crippen LogP contribution in [-0.2, 0) is 27.7 Å². The van der Waals surface area contributed by atoms with Gasteiger partial charge >= 0.3 is 5.69 Å². The molecule has 0 spiro atoms. The molecule has 2 aromatic rings. The zero-order valence-corrected chi connectivity index (χ0v) is 12.3. The number of rotatable bonds is 3. The Kier molecular flexibility index (Phi) is 3.47. The third-order valence-corrected chi connectivity index (χ3v) is 3.41. The number of aryl methyl sites for hydroxylation is 3. The molecule has 2 rings (SSSR count). The second-order valence-corrected chi connectivity index (χ2v) is 4.75. The quantitative estimate of drug-likeness (QED) is 0.813. The van der Waals surface area contributed by atoms with Gasteiger partial charge in [-0.15, -0.1) is 5.10 Å². The Bertz CT molecular complexity index is 767. The topological polar surface area (TPSA) is 86.7 Å². The van der Waals surface area contributed by atoms with Crippen molar-refractivity contribution in [2.24, 2.45) is 21.1 Å². The van der Waals surface area contributed by atoms with E-state index in [1.165, 1.54) is 14.1 Å². The number of nitrogens with zero attached hydrogens (tertiary/aromatic N) is 5. The van der Waals surface area contributed by atoms with Crippen LogP contribution in [0.5, 0.6) is 0 Å². The molecule has 20 heavy (non-hydrogen) atoms. The number of aromatic nitrogens is 5. The predicted molar refractivity (Wildman–Crippen MR) is 74.7 cm³/mol. The van der Waals surface area contributed by atoms with Crippen LogP contribution in [0.3, 0.4) is 0 Å². The van der Waals surface area contributed by atoms with Gasteiger partial charge in [-0.3, -0.25) is 14.0 Å². The molecule has 0 saturated heterocycles. The van der Waals surface area contributed by atoms with Crippen molar-refractivity contribution in [2.75, 3.05) is 5.32 Å². The van der Waals surface area contributed by atoms with Gasteiger partial charge in [-0.25, -0.2) is 9.48 Å². The van der Waals surface area contributed by atoms with Crippen molar-refractivity contribution in [1.82, 2.24) is 24.1 Å². The maximum absolute atomic E-state index is 11.9. The summed E-state index contributed by atoms with van der Waals surface area (Å²) in [5.74, 6) is 0.150. The molecule has 0 amide bonds. The first-order valence-electron chi connectivity index (χ1n) is 6.20. The van der Waals surface area contributed by atoms with Crippen molar-refractivity contribution in [3.8, 4) is 0 Å². The normalized spacial score (nSPS) is 10.8. The van der Waals surface area contributed by atoms with E-state index in [-0.39, 0.29) is 5.82 Å². The van der Waals surface area contributed by atoms with Gasteiger partial charge in [-0.1, -0.05) is 0 Å². The average Bonchev–Trinajstić information content (AvgIpc) is 2.64. The van der Waals surface area contributed by atoms with Gasteiger partial charge in [0.05, 0.1) is 5.69 Å². The minimum Gasteiger partial charge on any atom is -0.360 e. The van der Waals surface area contributed by atoms with E-state index in [1.807, 2.05) is 20.9 Å². The summed E-state index contributed by atoms with van der Waals surface area (Å²) in [6, 6.07) is 0. The zero-order chi connectivity index (χ0) is 15.0. The van der Waals surface area contributed by atoms with E-state index in [0.29, 0.717) is 6.54 Å². The second-order valence-electron chi connectivity index (χ2n) is 4.75. The minimum atomic E-state index is -0.450. The zero-order valence-electron chi connectivity index (χ0n) is 12.3. The molecule has 0 aliphatic heterocycles. The highest BCUT2D eigenvalue weighted by molar-refractivity contribution is 5.34. The summed E-state index contributed by atoms with van der Waals surface area (Å²) in [6.07, 6.45) is 0. The van der Waals surface area contributed by atoms with Crippen LogP contribution in [-0.4, -0.2) is 24.1 Å². The monoisotopic (exact) mass is 278 g/mol. The van der Waals surface area contributed by atoms with Crippen molar-refractivity contribution in [3.63, 3.8) is 0 Å². The van der Waals surface area contributed by atoms with Gasteiger partial charge in [-0.2, -0.15) is 5.10 Å². The van der Waals surface area contributed by atoms with E-state index in [4.69, 9.17) is 0 Å². The molecule has 0 bridgehead atoms. The molecule has 1 N–H and O–H groups in total. The van der Waals surface area contributed by atoms with Crippen LogP contribution in [0.15, 0.2) is 9.59 Å². The summed E-state index contributed by atoms with van der Waals surface area (Å²) in [5.41, 5.74) is 2.06. The highest BCUT2D eigenvalue weighted by atomic mass is 16.2. The molecule has 0 unspecified atom stereocenters. The summed E-state index contributed by atoms with van der Waals surface area (Å²) in [7, 11) is 4.81. The highest BCUT2D eigenvalue weighted by Gasteiger charge is 2.12. The Hall–Kier alpha value is -2.38. The van der Waals surface area contributed by atoms with Gasteiger partial charge in [0.15, 0.2) is 0 Å². The van der Waals surface area contributed by atoms with E-state index in [0.717, 1.165) is 26.2 Å². The van der Waals surface area contributed by atoms with Crippen molar-refractivity contribution in [2.45, 2.75) is 20.4 Å². The van der Waals surface area contributed by atoms with Crippen LogP contribution < -0.4 is 16.6 Å². The first kappa shape index (κ1) is 14.0. The fraction of sp³-hybridized carbons (Fsp3) is 0.500. The fourth-order valence-electron chi connectivity index (χ4n) is 2.05. The molecule has 0 saturated carbocycles. The summed E-state index contributed by atoms with van der Waals surface area (Å²) in [5, 5.41) is 11.2. The Balaban J connectivity index is 2.33. The van der Waals surface area contributed by atoms with Gasteiger partial charge in [-0.05, 0) is 13.8 Å². The second kappa shape index (κ2) is 4.95. The predicted octanol–water partition coefficient (Wildman–Crippen LogP) is -0.559. The number of nitrogens with one attached hydrogen (secondary N) is 1. The maximum Gasteiger partial charge on any atom is 0.346 e. The lowest BCUT2D eigenvalue weighted by Gasteiger charge is -2.08. The highest BCUT2D eigenvalue weighted by Crippen LogP contribution is 2.12. The SMILES string of the molecule is Cc1nn(C)c(C)c1CNc1nn(C)c(=O)n(C)c1=O.